The van der Waals surface area contributed by atoms with Gasteiger partial charge in [0.1, 0.15) is 0 Å². The van der Waals surface area contributed by atoms with E-state index in [0.717, 1.165) is 5.69 Å². The van der Waals surface area contributed by atoms with E-state index in [1.165, 1.54) is 0 Å². The summed E-state index contributed by atoms with van der Waals surface area (Å²) < 4.78 is 0. The van der Waals surface area contributed by atoms with Crippen LogP contribution in [0.2, 0.25) is 10.0 Å². The molecule has 0 spiro atoms. The van der Waals surface area contributed by atoms with Crippen LogP contribution in [0.4, 0.5) is 11.4 Å². The lowest BCUT2D eigenvalue weighted by Gasteiger charge is -2.15. The summed E-state index contributed by atoms with van der Waals surface area (Å²) in [5.74, 6) is 0. The van der Waals surface area contributed by atoms with Crippen molar-refractivity contribution in [2.45, 2.75) is 0 Å². The first-order valence-corrected chi connectivity index (χ1v) is 3.75. The maximum atomic E-state index is 5.73. The highest BCUT2D eigenvalue weighted by Gasteiger charge is 1.99. The lowest BCUT2D eigenvalue weighted by Crippen LogP contribution is -1.86. The summed E-state index contributed by atoms with van der Waals surface area (Å²) in [6, 6.07) is 3.34. The van der Waals surface area contributed by atoms with Gasteiger partial charge in [-0.3, -0.25) is 0 Å². The van der Waals surface area contributed by atoms with Crippen LogP contribution in [-0.4, -0.2) is 7.05 Å². The predicted molar refractivity (Wildman–Crippen MR) is 49.8 cm³/mol. The van der Waals surface area contributed by atoms with E-state index in [4.69, 9.17) is 28.9 Å². The minimum absolute atomic E-state index is 0.403. The van der Waals surface area contributed by atoms with E-state index >= 15 is 0 Å². The van der Waals surface area contributed by atoms with Crippen molar-refractivity contribution in [2.75, 3.05) is 12.8 Å². The number of nitrogen functional groups attached to an aromatic ring is 1. The van der Waals surface area contributed by atoms with E-state index in [2.05, 4.69) is 5.32 Å². The lowest BCUT2D eigenvalue weighted by molar-refractivity contribution is 1.61. The van der Waals surface area contributed by atoms with E-state index in [9.17, 15) is 0 Å². The summed E-state index contributed by atoms with van der Waals surface area (Å²) >= 11 is 11.5. The van der Waals surface area contributed by atoms with Crippen molar-refractivity contribution in [3.63, 3.8) is 0 Å². The second-order valence-electron chi connectivity index (χ2n) is 2.05. The molecule has 1 rings (SSSR count). The Morgan fingerprint density at radius 1 is 1.27 bits per heavy atom. The molecule has 4 heteroatoms. The Kier molecular flexibility index (Phi) is 2.47. The molecule has 0 amide bonds. The van der Waals surface area contributed by atoms with E-state index in [-0.39, 0.29) is 0 Å². The standard InChI is InChI=1S/C7H7Cl2N2/c1-11-4-2-5(8)7(10)6(9)3-4/h2-3H,10H2,1H3/q-1. The van der Waals surface area contributed by atoms with Gasteiger partial charge in [-0.25, -0.2) is 0 Å². The van der Waals surface area contributed by atoms with Crippen molar-refractivity contribution < 1.29 is 0 Å². The Morgan fingerprint density at radius 2 is 1.73 bits per heavy atom. The average Bonchev–Trinajstić information content (AvgIpc) is 1.99. The zero-order valence-corrected chi connectivity index (χ0v) is 7.45. The molecule has 2 nitrogen and oxygen atoms in total. The van der Waals surface area contributed by atoms with Gasteiger partial charge in [0.05, 0.1) is 15.7 Å². The molecule has 0 fully saturated rings. The Labute approximate surface area is 75.3 Å². The monoisotopic (exact) mass is 189 g/mol. The molecule has 0 aliphatic heterocycles. The number of hydrogen-bond donors (Lipinski definition) is 1. The van der Waals surface area contributed by atoms with Gasteiger partial charge in [-0.2, -0.15) is 0 Å². The van der Waals surface area contributed by atoms with Crippen molar-refractivity contribution in [1.82, 2.24) is 0 Å². The van der Waals surface area contributed by atoms with Gasteiger partial charge in [-0.05, 0) is 0 Å². The summed E-state index contributed by atoms with van der Waals surface area (Å²) in [5.41, 5.74) is 6.63. The first-order valence-electron chi connectivity index (χ1n) is 2.99. The molecule has 0 radical (unpaired) electrons. The number of nitrogens with zero attached hydrogens (tertiary/aromatic N) is 1. The van der Waals surface area contributed by atoms with Crippen molar-refractivity contribution >= 4 is 34.6 Å². The topological polar surface area (TPSA) is 40.1 Å². The van der Waals surface area contributed by atoms with Crippen LogP contribution in [-0.2, 0) is 0 Å². The zero-order chi connectivity index (χ0) is 8.43. The molecule has 60 valence electrons. The Balaban J connectivity index is 3.21. The van der Waals surface area contributed by atoms with Crippen LogP contribution in [0.25, 0.3) is 5.32 Å². The van der Waals surface area contributed by atoms with Crippen LogP contribution >= 0.6 is 23.2 Å². The normalized spacial score (nSPS) is 9.73. The number of anilines is 1. The Bertz CT molecular complexity index is 250. The van der Waals surface area contributed by atoms with Gasteiger partial charge in [-0.1, -0.05) is 35.3 Å². The molecule has 2 N–H and O–H groups in total. The maximum absolute atomic E-state index is 5.73. The molecule has 1 aromatic carbocycles. The summed E-state index contributed by atoms with van der Waals surface area (Å²) in [7, 11) is 1.66. The van der Waals surface area contributed by atoms with E-state index < -0.39 is 0 Å². The Hall–Kier alpha value is -0.600. The van der Waals surface area contributed by atoms with Crippen LogP contribution in [0.15, 0.2) is 12.1 Å². The molecule has 0 aromatic heterocycles. The summed E-state index contributed by atoms with van der Waals surface area (Å²) in [4.78, 5) is 0. The fraction of sp³-hybridized carbons (Fsp3) is 0.143. The number of benzene rings is 1. The third-order valence-corrected chi connectivity index (χ3v) is 1.95. The molecule has 0 saturated heterocycles. The van der Waals surface area contributed by atoms with Crippen LogP contribution in [0.1, 0.15) is 0 Å². The predicted octanol–water partition coefficient (Wildman–Crippen LogP) is 3.21. The second-order valence-corrected chi connectivity index (χ2v) is 2.86. The van der Waals surface area contributed by atoms with Gasteiger partial charge in [0, 0.05) is 0 Å². The smallest absolute Gasteiger partial charge is 0.0691 e. The highest BCUT2D eigenvalue weighted by Crippen LogP contribution is 2.33. The molecular weight excluding hydrogens is 183 g/mol. The SMILES string of the molecule is C[N-]c1cc(Cl)c(N)c(Cl)c1. The van der Waals surface area contributed by atoms with Gasteiger partial charge in [-0.15, -0.1) is 12.7 Å². The average molecular weight is 190 g/mol. The highest BCUT2D eigenvalue weighted by atomic mass is 35.5. The van der Waals surface area contributed by atoms with Crippen molar-refractivity contribution in [2.24, 2.45) is 0 Å². The molecule has 0 atom stereocenters. The molecule has 1 aromatic rings. The first-order chi connectivity index (χ1) is 5.15. The third-order valence-electron chi connectivity index (χ3n) is 1.32. The van der Waals surface area contributed by atoms with E-state index in [1.807, 2.05) is 0 Å². The third kappa shape index (κ3) is 1.70. The second kappa shape index (κ2) is 3.20. The van der Waals surface area contributed by atoms with E-state index in [0.29, 0.717) is 15.7 Å². The highest BCUT2D eigenvalue weighted by molar-refractivity contribution is 6.39. The fourth-order valence-corrected chi connectivity index (χ4v) is 1.18. The molecule has 0 heterocycles. The van der Waals surface area contributed by atoms with Crippen molar-refractivity contribution in [1.29, 1.82) is 0 Å². The maximum Gasteiger partial charge on any atom is 0.0691 e. The van der Waals surface area contributed by atoms with Crippen LogP contribution in [0, 0.1) is 0 Å². The van der Waals surface area contributed by atoms with E-state index in [1.54, 1.807) is 19.2 Å². The van der Waals surface area contributed by atoms with Gasteiger partial charge < -0.3 is 11.1 Å². The minimum atomic E-state index is 0.403. The Morgan fingerprint density at radius 3 is 2.09 bits per heavy atom. The lowest BCUT2D eigenvalue weighted by atomic mass is 10.3. The van der Waals surface area contributed by atoms with Crippen LogP contribution < -0.4 is 5.73 Å². The summed E-state index contributed by atoms with van der Waals surface area (Å²) in [5, 5.41) is 4.79. The largest absolute Gasteiger partial charge is 0.687 e. The molecule has 0 aliphatic rings. The number of rotatable bonds is 1. The van der Waals surface area contributed by atoms with Gasteiger partial charge in [0.25, 0.3) is 0 Å². The molecule has 0 saturated carbocycles. The molecule has 0 unspecified atom stereocenters. The molecule has 0 bridgehead atoms. The quantitative estimate of drug-likeness (QED) is 0.678. The summed E-state index contributed by atoms with van der Waals surface area (Å²) in [6.45, 7) is 0. The fourth-order valence-electron chi connectivity index (χ4n) is 0.700. The molecule has 11 heavy (non-hydrogen) atoms. The number of hydrogen-bond acceptors (Lipinski definition) is 1. The molecule has 0 aliphatic carbocycles. The zero-order valence-electron chi connectivity index (χ0n) is 5.94. The van der Waals surface area contributed by atoms with Gasteiger partial charge >= 0.3 is 0 Å². The van der Waals surface area contributed by atoms with Crippen molar-refractivity contribution in [3.05, 3.63) is 27.5 Å². The molecular formula is C7H7Cl2N2-. The summed E-state index contributed by atoms with van der Waals surface area (Å²) in [6.07, 6.45) is 0. The van der Waals surface area contributed by atoms with Crippen molar-refractivity contribution in [3.8, 4) is 0 Å². The first kappa shape index (κ1) is 8.50. The minimum Gasteiger partial charge on any atom is -0.687 e. The van der Waals surface area contributed by atoms with Gasteiger partial charge in [0.15, 0.2) is 0 Å². The number of halogens is 2. The van der Waals surface area contributed by atoms with Crippen LogP contribution in [0.3, 0.4) is 0 Å². The van der Waals surface area contributed by atoms with Crippen LogP contribution in [0.5, 0.6) is 0 Å². The number of nitrogens with two attached hydrogens (primary N) is 1. The van der Waals surface area contributed by atoms with Gasteiger partial charge in [0.2, 0.25) is 0 Å².